The number of carbonyl (C=O) groups excluding carboxylic acids is 1. The highest BCUT2D eigenvalue weighted by Crippen LogP contribution is 2.20. The van der Waals surface area contributed by atoms with Gasteiger partial charge in [0.25, 0.3) is 0 Å². The van der Waals surface area contributed by atoms with Gasteiger partial charge in [0.15, 0.2) is 0 Å². The maximum absolute atomic E-state index is 11.5. The van der Waals surface area contributed by atoms with Gasteiger partial charge in [0.05, 0.1) is 12.1 Å². The highest BCUT2D eigenvalue weighted by atomic mass is 35.5. The molecule has 1 aromatic rings. The van der Waals surface area contributed by atoms with Crippen molar-refractivity contribution < 1.29 is 9.90 Å². The minimum absolute atomic E-state index is 0.174. The Morgan fingerprint density at radius 3 is 2.50 bits per heavy atom. The second-order valence-corrected chi connectivity index (χ2v) is 4.62. The van der Waals surface area contributed by atoms with Gasteiger partial charge in [-0.05, 0) is 19.4 Å². The fraction of sp³-hybridized carbons (Fsp3) is 0.417. The van der Waals surface area contributed by atoms with Gasteiger partial charge in [0, 0.05) is 0 Å². The Morgan fingerprint density at radius 2 is 2.06 bits per heavy atom. The van der Waals surface area contributed by atoms with E-state index in [2.05, 4.69) is 5.32 Å². The minimum atomic E-state index is -0.790. The van der Waals surface area contributed by atoms with Gasteiger partial charge in [-0.15, -0.1) is 11.6 Å². The third-order valence-corrected chi connectivity index (χ3v) is 2.69. The molecule has 1 aromatic carbocycles. The van der Waals surface area contributed by atoms with E-state index in [1.165, 1.54) is 0 Å². The standard InChI is InChI=1S/C12H16ClNO2/c1-9(13)11(16)14-12(2,8-15)10-6-4-3-5-7-10/h3-7,9,15H,8H2,1-2H3,(H,14,16). The number of hydrogen-bond acceptors (Lipinski definition) is 2. The number of aliphatic hydroxyl groups excluding tert-OH is 1. The average molecular weight is 242 g/mol. The van der Waals surface area contributed by atoms with Crippen molar-refractivity contribution in [3.05, 3.63) is 35.9 Å². The first kappa shape index (κ1) is 13.0. The topological polar surface area (TPSA) is 49.3 Å². The fourth-order valence-electron chi connectivity index (χ4n) is 1.38. The minimum Gasteiger partial charge on any atom is -0.394 e. The van der Waals surface area contributed by atoms with Crippen LogP contribution in [0.1, 0.15) is 19.4 Å². The number of alkyl halides is 1. The van der Waals surface area contributed by atoms with Crippen LogP contribution in [0.15, 0.2) is 30.3 Å². The Hall–Kier alpha value is -1.06. The summed E-state index contributed by atoms with van der Waals surface area (Å²) >= 11 is 5.69. The molecular formula is C12H16ClNO2. The van der Waals surface area contributed by atoms with Crippen LogP contribution in [0.4, 0.5) is 0 Å². The largest absolute Gasteiger partial charge is 0.394 e. The summed E-state index contributed by atoms with van der Waals surface area (Å²) in [6, 6.07) is 9.32. The number of aliphatic hydroxyl groups is 1. The maximum atomic E-state index is 11.5. The summed E-state index contributed by atoms with van der Waals surface area (Å²) < 4.78 is 0. The predicted octanol–water partition coefficient (Wildman–Crippen LogP) is 1.64. The van der Waals surface area contributed by atoms with Crippen LogP contribution in [0.2, 0.25) is 0 Å². The summed E-state index contributed by atoms with van der Waals surface area (Å²) in [6.07, 6.45) is 0. The van der Waals surface area contributed by atoms with E-state index in [4.69, 9.17) is 11.6 Å². The number of amides is 1. The quantitative estimate of drug-likeness (QED) is 0.788. The van der Waals surface area contributed by atoms with Gasteiger partial charge in [0.1, 0.15) is 5.38 Å². The lowest BCUT2D eigenvalue weighted by Gasteiger charge is -2.29. The van der Waals surface area contributed by atoms with Gasteiger partial charge in [0.2, 0.25) is 5.91 Å². The monoisotopic (exact) mass is 241 g/mol. The molecule has 3 nitrogen and oxygen atoms in total. The fourth-order valence-corrected chi connectivity index (χ4v) is 1.43. The van der Waals surface area contributed by atoms with E-state index < -0.39 is 10.9 Å². The normalized spacial score (nSPS) is 16.2. The molecule has 0 aliphatic rings. The van der Waals surface area contributed by atoms with Gasteiger partial charge >= 0.3 is 0 Å². The van der Waals surface area contributed by atoms with Gasteiger partial charge in [-0.1, -0.05) is 30.3 Å². The van der Waals surface area contributed by atoms with Crippen LogP contribution in [-0.2, 0) is 10.3 Å². The molecule has 2 unspecified atom stereocenters. The van der Waals surface area contributed by atoms with Crippen LogP contribution in [0.25, 0.3) is 0 Å². The van der Waals surface area contributed by atoms with Crippen LogP contribution in [0, 0.1) is 0 Å². The molecule has 0 saturated heterocycles. The molecule has 1 amide bonds. The lowest BCUT2D eigenvalue weighted by molar-refractivity contribution is -0.122. The molecule has 0 heterocycles. The predicted molar refractivity (Wildman–Crippen MR) is 64.3 cm³/mol. The van der Waals surface area contributed by atoms with Crippen LogP contribution in [0.5, 0.6) is 0 Å². The molecule has 88 valence electrons. The molecule has 0 bridgehead atoms. The second kappa shape index (κ2) is 5.32. The molecule has 0 aliphatic heterocycles. The Bertz CT molecular complexity index is 353. The lowest BCUT2D eigenvalue weighted by atomic mass is 9.93. The van der Waals surface area contributed by atoms with Gasteiger partial charge < -0.3 is 10.4 Å². The van der Waals surface area contributed by atoms with E-state index in [0.717, 1.165) is 5.56 Å². The first-order valence-electron chi connectivity index (χ1n) is 5.12. The summed E-state index contributed by atoms with van der Waals surface area (Å²) in [7, 11) is 0. The Kier molecular flexibility index (Phi) is 4.33. The number of hydrogen-bond donors (Lipinski definition) is 2. The molecule has 0 spiro atoms. The van der Waals surface area contributed by atoms with E-state index in [1.54, 1.807) is 13.8 Å². The maximum Gasteiger partial charge on any atom is 0.238 e. The molecule has 0 aliphatic carbocycles. The molecule has 0 radical (unpaired) electrons. The number of carbonyl (C=O) groups is 1. The van der Waals surface area contributed by atoms with Crippen molar-refractivity contribution in [2.45, 2.75) is 24.8 Å². The molecular weight excluding hydrogens is 226 g/mol. The summed E-state index contributed by atoms with van der Waals surface area (Å²) in [4.78, 5) is 11.5. The first-order chi connectivity index (χ1) is 7.49. The second-order valence-electron chi connectivity index (χ2n) is 3.96. The molecule has 16 heavy (non-hydrogen) atoms. The zero-order chi connectivity index (χ0) is 12.2. The molecule has 0 aromatic heterocycles. The van der Waals surface area contributed by atoms with Crippen molar-refractivity contribution >= 4 is 17.5 Å². The Balaban J connectivity index is 2.90. The summed E-state index contributed by atoms with van der Waals surface area (Å²) in [6.45, 7) is 3.19. The highest BCUT2D eigenvalue weighted by molar-refractivity contribution is 6.30. The number of benzene rings is 1. The zero-order valence-corrected chi connectivity index (χ0v) is 10.2. The van der Waals surface area contributed by atoms with Crippen molar-refractivity contribution in [1.82, 2.24) is 5.32 Å². The molecule has 0 saturated carbocycles. The SMILES string of the molecule is CC(Cl)C(=O)NC(C)(CO)c1ccccc1. The molecule has 2 atom stereocenters. The van der Waals surface area contributed by atoms with E-state index in [-0.39, 0.29) is 12.5 Å². The van der Waals surface area contributed by atoms with E-state index in [0.29, 0.717) is 0 Å². The van der Waals surface area contributed by atoms with E-state index >= 15 is 0 Å². The Labute approximate surface area is 100 Å². The van der Waals surface area contributed by atoms with Crippen LogP contribution in [0.3, 0.4) is 0 Å². The number of rotatable bonds is 4. The van der Waals surface area contributed by atoms with Crippen LogP contribution < -0.4 is 5.32 Å². The average Bonchev–Trinajstić information content (AvgIpc) is 2.29. The van der Waals surface area contributed by atoms with Crippen molar-refractivity contribution in [2.24, 2.45) is 0 Å². The van der Waals surface area contributed by atoms with Crippen molar-refractivity contribution in [2.75, 3.05) is 6.61 Å². The highest BCUT2D eigenvalue weighted by Gasteiger charge is 2.28. The molecule has 4 heteroatoms. The van der Waals surface area contributed by atoms with E-state index in [1.807, 2.05) is 30.3 Å². The smallest absolute Gasteiger partial charge is 0.238 e. The Morgan fingerprint density at radius 1 is 1.50 bits per heavy atom. The summed E-state index contributed by atoms with van der Waals surface area (Å²) in [5, 5.41) is 11.5. The van der Waals surface area contributed by atoms with Gasteiger partial charge in [-0.3, -0.25) is 4.79 Å². The number of nitrogens with one attached hydrogen (secondary N) is 1. The molecule has 2 N–H and O–H groups in total. The van der Waals surface area contributed by atoms with Gasteiger partial charge in [-0.2, -0.15) is 0 Å². The third-order valence-electron chi connectivity index (χ3n) is 2.49. The van der Waals surface area contributed by atoms with Gasteiger partial charge in [-0.25, -0.2) is 0 Å². The third kappa shape index (κ3) is 2.97. The summed E-state index contributed by atoms with van der Waals surface area (Å²) in [5.74, 6) is -0.290. The van der Waals surface area contributed by atoms with Crippen molar-refractivity contribution in [3.63, 3.8) is 0 Å². The van der Waals surface area contributed by atoms with E-state index in [9.17, 15) is 9.90 Å². The lowest BCUT2D eigenvalue weighted by Crippen LogP contribution is -2.48. The van der Waals surface area contributed by atoms with Crippen LogP contribution >= 0.6 is 11.6 Å². The molecule has 0 fully saturated rings. The zero-order valence-electron chi connectivity index (χ0n) is 9.40. The number of halogens is 1. The first-order valence-corrected chi connectivity index (χ1v) is 5.56. The molecule has 1 rings (SSSR count). The van der Waals surface area contributed by atoms with Crippen molar-refractivity contribution in [3.8, 4) is 0 Å². The van der Waals surface area contributed by atoms with Crippen molar-refractivity contribution in [1.29, 1.82) is 0 Å². The summed E-state index contributed by atoms with van der Waals surface area (Å²) in [5.41, 5.74) is 0.0600. The van der Waals surface area contributed by atoms with Crippen LogP contribution in [-0.4, -0.2) is 23.0 Å².